The Morgan fingerprint density at radius 1 is 1.00 bits per heavy atom. The van der Waals surface area contributed by atoms with E-state index < -0.39 is 0 Å². The van der Waals surface area contributed by atoms with Crippen molar-refractivity contribution < 1.29 is 0 Å². The lowest BCUT2D eigenvalue weighted by Gasteiger charge is -2.39. The summed E-state index contributed by atoms with van der Waals surface area (Å²) in [5.41, 5.74) is 0. The number of unbranched alkanes of at least 4 members (excludes halogenated alkanes) is 5. The Labute approximate surface area is 115 Å². The molecule has 1 saturated heterocycles. The van der Waals surface area contributed by atoms with Gasteiger partial charge in [0.05, 0.1) is 0 Å². The van der Waals surface area contributed by atoms with Gasteiger partial charge < -0.3 is 5.32 Å². The molecule has 2 atom stereocenters. The van der Waals surface area contributed by atoms with Gasteiger partial charge in [-0.1, -0.05) is 52.4 Å². The molecule has 108 valence electrons. The summed E-state index contributed by atoms with van der Waals surface area (Å²) in [5.74, 6) is 0. The molecule has 2 heteroatoms. The van der Waals surface area contributed by atoms with E-state index >= 15 is 0 Å². The third-order valence-corrected chi connectivity index (χ3v) is 4.15. The summed E-state index contributed by atoms with van der Waals surface area (Å²) >= 11 is 0. The van der Waals surface area contributed by atoms with Crippen molar-refractivity contribution in [2.24, 2.45) is 0 Å². The van der Waals surface area contributed by atoms with Gasteiger partial charge in [0, 0.05) is 25.2 Å². The Balaban J connectivity index is 2.15. The first-order valence-electron chi connectivity index (χ1n) is 8.25. The molecule has 1 heterocycles. The molecule has 1 aliphatic rings. The maximum absolute atomic E-state index is 3.62. The van der Waals surface area contributed by atoms with Crippen LogP contribution in [0.1, 0.15) is 72.1 Å². The molecule has 1 rings (SSSR count). The van der Waals surface area contributed by atoms with E-state index in [1.807, 2.05) is 0 Å². The number of rotatable bonds is 9. The van der Waals surface area contributed by atoms with Gasteiger partial charge in [0.15, 0.2) is 0 Å². The molecule has 2 unspecified atom stereocenters. The molecule has 0 radical (unpaired) electrons. The van der Waals surface area contributed by atoms with Crippen LogP contribution in [-0.4, -0.2) is 36.6 Å². The van der Waals surface area contributed by atoms with Crippen LogP contribution >= 0.6 is 0 Å². The minimum atomic E-state index is 0.679. The van der Waals surface area contributed by atoms with Crippen molar-refractivity contribution in [1.82, 2.24) is 10.2 Å². The van der Waals surface area contributed by atoms with Crippen LogP contribution in [0.3, 0.4) is 0 Å². The summed E-state index contributed by atoms with van der Waals surface area (Å²) in [5, 5.41) is 3.62. The van der Waals surface area contributed by atoms with Gasteiger partial charge in [-0.15, -0.1) is 0 Å². The average molecular weight is 254 g/mol. The maximum Gasteiger partial charge on any atom is 0.0221 e. The van der Waals surface area contributed by atoms with E-state index in [9.17, 15) is 0 Å². The number of hydrogen-bond acceptors (Lipinski definition) is 2. The molecule has 0 saturated carbocycles. The minimum Gasteiger partial charge on any atom is -0.311 e. The molecule has 0 aromatic heterocycles. The topological polar surface area (TPSA) is 15.3 Å². The molecule has 0 aliphatic carbocycles. The predicted octanol–water partition coefficient (Wildman–Crippen LogP) is 3.81. The number of hydrogen-bond donors (Lipinski definition) is 1. The zero-order valence-electron chi connectivity index (χ0n) is 12.9. The smallest absolute Gasteiger partial charge is 0.0221 e. The highest BCUT2D eigenvalue weighted by molar-refractivity contribution is 4.83. The molecular formula is C16H34N2. The monoisotopic (exact) mass is 254 g/mol. The summed E-state index contributed by atoms with van der Waals surface area (Å²) in [6.07, 6.45) is 11.1. The first-order chi connectivity index (χ1) is 8.77. The molecule has 1 N–H and O–H groups in total. The van der Waals surface area contributed by atoms with Gasteiger partial charge in [-0.05, 0) is 26.3 Å². The van der Waals surface area contributed by atoms with Crippen LogP contribution in [-0.2, 0) is 0 Å². The van der Waals surface area contributed by atoms with Crippen LogP contribution in [0.15, 0.2) is 0 Å². The normalized spacial score (nSPS) is 25.5. The van der Waals surface area contributed by atoms with Gasteiger partial charge >= 0.3 is 0 Å². The van der Waals surface area contributed by atoms with Crippen molar-refractivity contribution in [1.29, 1.82) is 0 Å². The van der Waals surface area contributed by atoms with Gasteiger partial charge in [0.2, 0.25) is 0 Å². The summed E-state index contributed by atoms with van der Waals surface area (Å²) in [6, 6.07) is 1.47. The van der Waals surface area contributed by atoms with Crippen LogP contribution < -0.4 is 5.32 Å². The largest absolute Gasteiger partial charge is 0.311 e. The van der Waals surface area contributed by atoms with Gasteiger partial charge in [0.1, 0.15) is 0 Å². The molecular weight excluding hydrogens is 220 g/mol. The van der Waals surface area contributed by atoms with Crippen molar-refractivity contribution >= 4 is 0 Å². The number of nitrogens with zero attached hydrogens (tertiary/aromatic N) is 1. The summed E-state index contributed by atoms with van der Waals surface area (Å²) < 4.78 is 0. The standard InChI is InChI=1S/C16H34N2/c1-4-6-7-8-9-10-12-18-14-15(3)17-13-16(18)11-5-2/h15-17H,4-14H2,1-3H3. The van der Waals surface area contributed by atoms with E-state index in [-0.39, 0.29) is 0 Å². The van der Waals surface area contributed by atoms with Gasteiger partial charge in [-0.2, -0.15) is 0 Å². The van der Waals surface area contributed by atoms with Crippen LogP contribution in [0, 0.1) is 0 Å². The van der Waals surface area contributed by atoms with E-state index in [4.69, 9.17) is 0 Å². The zero-order chi connectivity index (χ0) is 13.2. The van der Waals surface area contributed by atoms with E-state index in [2.05, 4.69) is 31.0 Å². The first kappa shape index (κ1) is 16.0. The van der Waals surface area contributed by atoms with Crippen molar-refractivity contribution in [2.45, 2.75) is 84.2 Å². The Hall–Kier alpha value is -0.0800. The third-order valence-electron chi connectivity index (χ3n) is 4.15. The van der Waals surface area contributed by atoms with Crippen LogP contribution in [0.2, 0.25) is 0 Å². The van der Waals surface area contributed by atoms with Crippen molar-refractivity contribution in [3.05, 3.63) is 0 Å². The SMILES string of the molecule is CCCCCCCCN1CC(C)NCC1CCC. The molecule has 1 fully saturated rings. The maximum atomic E-state index is 3.62. The Morgan fingerprint density at radius 3 is 2.44 bits per heavy atom. The van der Waals surface area contributed by atoms with E-state index in [1.54, 1.807) is 0 Å². The van der Waals surface area contributed by atoms with Gasteiger partial charge in [0.25, 0.3) is 0 Å². The van der Waals surface area contributed by atoms with Crippen molar-refractivity contribution in [3.8, 4) is 0 Å². The molecule has 0 spiro atoms. The van der Waals surface area contributed by atoms with Crippen molar-refractivity contribution in [3.63, 3.8) is 0 Å². The fraction of sp³-hybridized carbons (Fsp3) is 1.00. The van der Waals surface area contributed by atoms with Gasteiger partial charge in [-0.25, -0.2) is 0 Å². The fourth-order valence-electron chi connectivity index (χ4n) is 3.02. The second-order valence-corrected chi connectivity index (χ2v) is 6.01. The number of nitrogens with one attached hydrogen (secondary N) is 1. The quantitative estimate of drug-likeness (QED) is 0.629. The Morgan fingerprint density at radius 2 is 1.72 bits per heavy atom. The predicted molar refractivity (Wildman–Crippen MR) is 81.1 cm³/mol. The molecule has 2 nitrogen and oxygen atoms in total. The Bertz CT molecular complexity index is 194. The zero-order valence-corrected chi connectivity index (χ0v) is 12.9. The lowest BCUT2D eigenvalue weighted by Crippen LogP contribution is -2.55. The molecule has 0 aromatic rings. The lowest BCUT2D eigenvalue weighted by molar-refractivity contribution is 0.125. The second kappa shape index (κ2) is 9.80. The highest BCUT2D eigenvalue weighted by atomic mass is 15.2. The fourth-order valence-corrected chi connectivity index (χ4v) is 3.02. The lowest BCUT2D eigenvalue weighted by atomic mass is 10.0. The highest BCUT2D eigenvalue weighted by Crippen LogP contribution is 2.14. The molecule has 1 aliphatic heterocycles. The molecule has 0 amide bonds. The van der Waals surface area contributed by atoms with E-state index in [1.165, 1.54) is 71.0 Å². The van der Waals surface area contributed by atoms with Crippen molar-refractivity contribution in [2.75, 3.05) is 19.6 Å². The average Bonchev–Trinajstić information content (AvgIpc) is 2.37. The molecule has 0 bridgehead atoms. The van der Waals surface area contributed by atoms with Crippen LogP contribution in [0.25, 0.3) is 0 Å². The first-order valence-corrected chi connectivity index (χ1v) is 8.25. The third kappa shape index (κ3) is 6.19. The van der Waals surface area contributed by atoms with E-state index in [0.717, 1.165) is 6.04 Å². The summed E-state index contributed by atoms with van der Waals surface area (Å²) in [6.45, 7) is 10.7. The molecule has 18 heavy (non-hydrogen) atoms. The summed E-state index contributed by atoms with van der Waals surface area (Å²) in [4.78, 5) is 2.74. The second-order valence-electron chi connectivity index (χ2n) is 6.01. The Kier molecular flexibility index (Phi) is 8.70. The van der Waals surface area contributed by atoms with E-state index in [0.29, 0.717) is 6.04 Å². The summed E-state index contributed by atoms with van der Waals surface area (Å²) in [7, 11) is 0. The minimum absolute atomic E-state index is 0.679. The van der Waals surface area contributed by atoms with Crippen LogP contribution in [0.4, 0.5) is 0 Å². The van der Waals surface area contributed by atoms with Gasteiger partial charge in [-0.3, -0.25) is 4.90 Å². The number of piperazine rings is 1. The molecule has 0 aromatic carbocycles. The van der Waals surface area contributed by atoms with Crippen LogP contribution in [0.5, 0.6) is 0 Å². The highest BCUT2D eigenvalue weighted by Gasteiger charge is 2.24.